The average molecular weight is 329 g/mol. The SMILES string of the molecule is CN[C@@H]1CCN(c2ccnc(N[C@H]3C[C@H]4C[C@@H]([C@@H]3C)C4(C)C)n2)C1. The molecule has 132 valence electrons. The number of rotatable bonds is 4. The fourth-order valence-corrected chi connectivity index (χ4v) is 5.31. The van der Waals surface area contributed by atoms with Crippen molar-refractivity contribution in [2.45, 2.75) is 52.1 Å². The van der Waals surface area contributed by atoms with Crippen LogP contribution in [-0.4, -0.2) is 42.2 Å². The van der Waals surface area contributed by atoms with Gasteiger partial charge < -0.3 is 15.5 Å². The molecule has 0 radical (unpaired) electrons. The van der Waals surface area contributed by atoms with E-state index in [4.69, 9.17) is 4.98 Å². The van der Waals surface area contributed by atoms with Gasteiger partial charge in [-0.3, -0.25) is 0 Å². The van der Waals surface area contributed by atoms with Crippen molar-refractivity contribution in [3.05, 3.63) is 12.3 Å². The van der Waals surface area contributed by atoms with Crippen LogP contribution in [0.2, 0.25) is 0 Å². The third-order valence-corrected chi connectivity index (χ3v) is 7.23. The van der Waals surface area contributed by atoms with Crippen LogP contribution < -0.4 is 15.5 Å². The summed E-state index contributed by atoms with van der Waals surface area (Å²) in [7, 11) is 2.04. The van der Waals surface area contributed by atoms with Crippen LogP contribution in [0.5, 0.6) is 0 Å². The zero-order valence-corrected chi connectivity index (χ0v) is 15.4. The topological polar surface area (TPSA) is 53.1 Å². The Morgan fingerprint density at radius 2 is 2.12 bits per heavy atom. The Balaban J connectivity index is 1.44. The molecular formula is C19H31N5. The monoisotopic (exact) mass is 329 g/mol. The molecule has 3 aliphatic carbocycles. The number of anilines is 2. The fourth-order valence-electron chi connectivity index (χ4n) is 5.31. The fraction of sp³-hybridized carbons (Fsp3) is 0.789. The number of aromatic nitrogens is 2. The largest absolute Gasteiger partial charge is 0.355 e. The molecule has 0 spiro atoms. The summed E-state index contributed by atoms with van der Waals surface area (Å²) in [6.45, 7) is 9.40. The molecule has 2 heterocycles. The van der Waals surface area contributed by atoms with Gasteiger partial charge in [0.05, 0.1) is 0 Å². The van der Waals surface area contributed by atoms with E-state index >= 15 is 0 Å². The Morgan fingerprint density at radius 3 is 2.79 bits per heavy atom. The van der Waals surface area contributed by atoms with Gasteiger partial charge in [0.2, 0.25) is 5.95 Å². The van der Waals surface area contributed by atoms with Crippen LogP contribution in [0.4, 0.5) is 11.8 Å². The Morgan fingerprint density at radius 1 is 1.29 bits per heavy atom. The predicted octanol–water partition coefficient (Wildman–Crippen LogP) is 2.76. The summed E-state index contributed by atoms with van der Waals surface area (Å²) in [6.07, 6.45) is 5.74. The Bertz CT molecular complexity index is 601. The lowest BCUT2D eigenvalue weighted by molar-refractivity contribution is -0.105. The third-order valence-electron chi connectivity index (χ3n) is 7.23. The normalized spacial score (nSPS) is 37.2. The molecule has 2 bridgehead atoms. The molecule has 4 aliphatic rings. The van der Waals surface area contributed by atoms with Gasteiger partial charge in [0.1, 0.15) is 5.82 Å². The summed E-state index contributed by atoms with van der Waals surface area (Å²) in [6, 6.07) is 3.12. The molecule has 1 aromatic heterocycles. The second-order valence-corrected chi connectivity index (χ2v) is 8.66. The zero-order valence-electron chi connectivity index (χ0n) is 15.4. The lowest BCUT2D eigenvalue weighted by atomic mass is 9.45. The number of hydrogen-bond donors (Lipinski definition) is 2. The van der Waals surface area contributed by atoms with Gasteiger partial charge in [0, 0.05) is 31.4 Å². The van der Waals surface area contributed by atoms with Crippen LogP contribution in [0.15, 0.2) is 12.3 Å². The summed E-state index contributed by atoms with van der Waals surface area (Å²) in [4.78, 5) is 11.7. The van der Waals surface area contributed by atoms with E-state index in [1.807, 2.05) is 19.3 Å². The lowest BCUT2D eigenvalue weighted by Crippen LogP contribution is -2.58. The summed E-state index contributed by atoms with van der Waals surface area (Å²) >= 11 is 0. The third kappa shape index (κ3) is 2.57. The highest BCUT2D eigenvalue weighted by Gasteiger charge is 2.56. The Labute approximate surface area is 145 Å². The predicted molar refractivity (Wildman–Crippen MR) is 98.3 cm³/mol. The summed E-state index contributed by atoms with van der Waals surface area (Å²) in [5.41, 5.74) is 0.526. The average Bonchev–Trinajstić information content (AvgIpc) is 3.05. The second-order valence-electron chi connectivity index (χ2n) is 8.66. The Kier molecular flexibility index (Phi) is 3.94. The van der Waals surface area contributed by atoms with E-state index in [1.54, 1.807) is 0 Å². The molecule has 3 saturated carbocycles. The smallest absolute Gasteiger partial charge is 0.224 e. The van der Waals surface area contributed by atoms with Crippen molar-refractivity contribution >= 4 is 11.8 Å². The van der Waals surface area contributed by atoms with Gasteiger partial charge in [-0.25, -0.2) is 4.98 Å². The molecule has 1 saturated heterocycles. The second kappa shape index (κ2) is 5.87. The molecule has 1 aliphatic heterocycles. The zero-order chi connectivity index (χ0) is 16.9. The van der Waals surface area contributed by atoms with Crippen LogP contribution in [0, 0.1) is 23.2 Å². The summed E-state index contributed by atoms with van der Waals surface area (Å²) in [5, 5.41) is 7.02. The minimum absolute atomic E-state index is 0.515. The van der Waals surface area contributed by atoms with Crippen molar-refractivity contribution in [2.24, 2.45) is 23.2 Å². The van der Waals surface area contributed by atoms with E-state index in [2.05, 4.69) is 41.3 Å². The van der Waals surface area contributed by atoms with Gasteiger partial charge in [-0.15, -0.1) is 0 Å². The van der Waals surface area contributed by atoms with E-state index in [0.717, 1.165) is 36.7 Å². The molecule has 5 atom stereocenters. The van der Waals surface area contributed by atoms with Crippen molar-refractivity contribution in [1.29, 1.82) is 0 Å². The first-order valence-electron chi connectivity index (χ1n) is 9.51. The molecule has 0 unspecified atom stereocenters. The first-order chi connectivity index (χ1) is 11.5. The molecule has 5 heteroatoms. The number of fused-ring (bicyclic) bond motifs is 2. The van der Waals surface area contributed by atoms with Gasteiger partial charge in [-0.1, -0.05) is 20.8 Å². The van der Waals surface area contributed by atoms with Crippen molar-refractivity contribution < 1.29 is 0 Å². The minimum atomic E-state index is 0.515. The van der Waals surface area contributed by atoms with Crippen molar-refractivity contribution in [2.75, 3.05) is 30.4 Å². The quantitative estimate of drug-likeness (QED) is 0.889. The first-order valence-corrected chi connectivity index (χ1v) is 9.51. The summed E-state index contributed by atoms with van der Waals surface area (Å²) in [5.74, 6) is 4.24. The van der Waals surface area contributed by atoms with Gasteiger partial charge >= 0.3 is 0 Å². The molecule has 24 heavy (non-hydrogen) atoms. The van der Waals surface area contributed by atoms with E-state index < -0.39 is 0 Å². The highest BCUT2D eigenvalue weighted by atomic mass is 15.3. The number of nitrogens with zero attached hydrogens (tertiary/aromatic N) is 3. The molecule has 1 aromatic rings. The maximum absolute atomic E-state index is 4.80. The molecule has 4 fully saturated rings. The van der Waals surface area contributed by atoms with E-state index in [-0.39, 0.29) is 0 Å². The standard InChI is InChI=1S/C19H31N5/c1-12-15-9-13(19(15,2)3)10-16(12)22-18-21-7-5-17(23-18)24-8-6-14(11-24)20-4/h5,7,12-16,20H,6,8-11H2,1-4H3,(H,21,22,23)/t12-,13+,14+,15-,16-/m0/s1. The van der Waals surface area contributed by atoms with E-state index in [0.29, 0.717) is 23.4 Å². The minimum Gasteiger partial charge on any atom is -0.355 e. The molecule has 5 rings (SSSR count). The van der Waals surface area contributed by atoms with Crippen molar-refractivity contribution in [3.8, 4) is 0 Å². The highest BCUT2D eigenvalue weighted by Crippen LogP contribution is 2.61. The van der Waals surface area contributed by atoms with Crippen LogP contribution in [-0.2, 0) is 0 Å². The number of likely N-dealkylation sites (N-methyl/N-ethyl adjacent to an activating group) is 1. The Hall–Kier alpha value is -1.36. The van der Waals surface area contributed by atoms with Gasteiger partial charge in [-0.05, 0) is 55.5 Å². The molecule has 0 amide bonds. The molecular weight excluding hydrogens is 298 g/mol. The maximum atomic E-state index is 4.80. The number of nitrogens with one attached hydrogen (secondary N) is 2. The number of hydrogen-bond acceptors (Lipinski definition) is 5. The van der Waals surface area contributed by atoms with Crippen LogP contribution in [0.1, 0.15) is 40.0 Å². The van der Waals surface area contributed by atoms with Crippen molar-refractivity contribution in [1.82, 2.24) is 15.3 Å². The highest BCUT2D eigenvalue weighted by molar-refractivity contribution is 5.44. The van der Waals surface area contributed by atoms with Gasteiger partial charge in [0.25, 0.3) is 0 Å². The van der Waals surface area contributed by atoms with Crippen molar-refractivity contribution in [3.63, 3.8) is 0 Å². The lowest BCUT2D eigenvalue weighted by Gasteiger charge is -2.62. The maximum Gasteiger partial charge on any atom is 0.224 e. The van der Waals surface area contributed by atoms with Crippen LogP contribution in [0.3, 0.4) is 0 Å². The molecule has 5 nitrogen and oxygen atoms in total. The molecule has 0 aromatic carbocycles. The van der Waals surface area contributed by atoms with Gasteiger partial charge in [0.15, 0.2) is 0 Å². The van der Waals surface area contributed by atoms with E-state index in [1.165, 1.54) is 19.3 Å². The molecule has 2 N–H and O–H groups in total. The summed E-state index contributed by atoms with van der Waals surface area (Å²) < 4.78 is 0. The van der Waals surface area contributed by atoms with Gasteiger partial charge in [-0.2, -0.15) is 4.98 Å². The first kappa shape index (κ1) is 16.1. The van der Waals surface area contributed by atoms with E-state index in [9.17, 15) is 0 Å². The van der Waals surface area contributed by atoms with Crippen LogP contribution >= 0.6 is 0 Å². The van der Waals surface area contributed by atoms with Crippen LogP contribution in [0.25, 0.3) is 0 Å².